The molecule has 0 saturated carbocycles. The minimum absolute atomic E-state index is 0.289. The van der Waals surface area contributed by atoms with Crippen molar-refractivity contribution in [1.82, 2.24) is 4.98 Å². The molecule has 2 rings (SSSR count). The SMILES string of the molecule is Fc1ccc(Cl)c2ncccc12. The summed E-state index contributed by atoms with van der Waals surface area (Å²) in [6.07, 6.45) is 1.59. The van der Waals surface area contributed by atoms with Crippen molar-refractivity contribution in [3.63, 3.8) is 0 Å². The van der Waals surface area contributed by atoms with Crippen molar-refractivity contribution >= 4 is 22.5 Å². The first-order valence-electron chi connectivity index (χ1n) is 3.48. The summed E-state index contributed by atoms with van der Waals surface area (Å²) in [5, 5.41) is 0.942. The first-order valence-corrected chi connectivity index (χ1v) is 3.85. The molecule has 12 heavy (non-hydrogen) atoms. The number of hydrogen-bond acceptors (Lipinski definition) is 1. The van der Waals surface area contributed by atoms with Crippen LogP contribution >= 0.6 is 11.6 Å². The van der Waals surface area contributed by atoms with Gasteiger partial charge in [-0.05, 0) is 24.3 Å². The standard InChI is InChI=1S/C9H5ClFN/c10-7-3-4-8(11)6-2-1-5-12-9(6)7/h1-5H. The second-order valence-electron chi connectivity index (χ2n) is 2.43. The van der Waals surface area contributed by atoms with Gasteiger partial charge in [-0.15, -0.1) is 0 Å². The second-order valence-corrected chi connectivity index (χ2v) is 2.84. The number of hydrogen-bond donors (Lipinski definition) is 0. The van der Waals surface area contributed by atoms with Crippen LogP contribution in [0.3, 0.4) is 0 Å². The number of nitrogens with zero attached hydrogens (tertiary/aromatic N) is 1. The number of aromatic nitrogens is 1. The highest BCUT2D eigenvalue weighted by Gasteiger charge is 2.03. The smallest absolute Gasteiger partial charge is 0.132 e. The van der Waals surface area contributed by atoms with Gasteiger partial charge in [0.15, 0.2) is 0 Å². The van der Waals surface area contributed by atoms with E-state index in [0.29, 0.717) is 15.9 Å². The van der Waals surface area contributed by atoms with Crippen LogP contribution in [-0.2, 0) is 0 Å². The van der Waals surface area contributed by atoms with E-state index in [9.17, 15) is 4.39 Å². The maximum Gasteiger partial charge on any atom is 0.132 e. The van der Waals surface area contributed by atoms with E-state index in [-0.39, 0.29) is 5.82 Å². The fraction of sp³-hybridized carbons (Fsp3) is 0. The molecule has 1 aromatic heterocycles. The van der Waals surface area contributed by atoms with Gasteiger partial charge in [-0.1, -0.05) is 11.6 Å². The van der Waals surface area contributed by atoms with Crippen molar-refractivity contribution in [3.8, 4) is 0 Å². The quantitative estimate of drug-likeness (QED) is 0.609. The average molecular weight is 182 g/mol. The van der Waals surface area contributed by atoms with Crippen molar-refractivity contribution in [3.05, 3.63) is 41.3 Å². The molecule has 3 heteroatoms. The van der Waals surface area contributed by atoms with E-state index in [2.05, 4.69) is 4.98 Å². The number of fused-ring (bicyclic) bond motifs is 1. The molecule has 0 bridgehead atoms. The van der Waals surface area contributed by atoms with Crippen molar-refractivity contribution in [2.45, 2.75) is 0 Å². The Kier molecular flexibility index (Phi) is 1.70. The molecular formula is C9H5ClFN. The van der Waals surface area contributed by atoms with Gasteiger partial charge in [-0.3, -0.25) is 4.98 Å². The fourth-order valence-electron chi connectivity index (χ4n) is 1.10. The molecule has 0 atom stereocenters. The fourth-order valence-corrected chi connectivity index (χ4v) is 1.32. The van der Waals surface area contributed by atoms with Crippen LogP contribution in [0, 0.1) is 5.82 Å². The lowest BCUT2D eigenvalue weighted by atomic mass is 10.2. The normalized spacial score (nSPS) is 10.5. The first kappa shape index (κ1) is 7.50. The van der Waals surface area contributed by atoms with Gasteiger partial charge in [0.25, 0.3) is 0 Å². The molecule has 0 aliphatic heterocycles. The van der Waals surface area contributed by atoms with E-state index in [1.165, 1.54) is 12.1 Å². The molecular weight excluding hydrogens is 177 g/mol. The zero-order valence-electron chi connectivity index (χ0n) is 6.09. The molecule has 0 unspecified atom stereocenters. The Morgan fingerprint density at radius 2 is 2.08 bits per heavy atom. The predicted molar refractivity (Wildman–Crippen MR) is 46.7 cm³/mol. The lowest BCUT2D eigenvalue weighted by Crippen LogP contribution is -1.82. The average Bonchev–Trinajstić information content (AvgIpc) is 2.12. The largest absolute Gasteiger partial charge is 0.255 e. The zero-order valence-corrected chi connectivity index (χ0v) is 6.85. The summed E-state index contributed by atoms with van der Waals surface area (Å²) >= 11 is 5.80. The Bertz CT molecular complexity index is 387. The van der Waals surface area contributed by atoms with Crippen molar-refractivity contribution in [1.29, 1.82) is 0 Å². The molecule has 0 aliphatic carbocycles. The van der Waals surface area contributed by atoms with Gasteiger partial charge in [-0.2, -0.15) is 0 Å². The van der Waals surface area contributed by atoms with E-state index in [1.807, 2.05) is 0 Å². The van der Waals surface area contributed by atoms with Gasteiger partial charge in [-0.25, -0.2) is 4.39 Å². The zero-order chi connectivity index (χ0) is 8.55. The molecule has 60 valence electrons. The van der Waals surface area contributed by atoms with Crippen LogP contribution in [0.5, 0.6) is 0 Å². The van der Waals surface area contributed by atoms with E-state index in [0.717, 1.165) is 0 Å². The molecule has 0 fully saturated rings. The van der Waals surface area contributed by atoms with Gasteiger partial charge in [0, 0.05) is 11.6 Å². The number of rotatable bonds is 0. The Morgan fingerprint density at radius 1 is 1.25 bits per heavy atom. The topological polar surface area (TPSA) is 12.9 Å². The molecule has 1 nitrogen and oxygen atoms in total. The van der Waals surface area contributed by atoms with E-state index in [4.69, 9.17) is 11.6 Å². The minimum atomic E-state index is -0.289. The molecule has 1 aromatic carbocycles. The molecule has 0 N–H and O–H groups in total. The third kappa shape index (κ3) is 1.04. The monoisotopic (exact) mass is 181 g/mol. The maximum atomic E-state index is 13.1. The Hall–Kier alpha value is -1.15. The highest BCUT2D eigenvalue weighted by Crippen LogP contribution is 2.22. The maximum absolute atomic E-state index is 13.1. The van der Waals surface area contributed by atoms with Crippen molar-refractivity contribution < 1.29 is 4.39 Å². The predicted octanol–water partition coefficient (Wildman–Crippen LogP) is 3.03. The summed E-state index contributed by atoms with van der Waals surface area (Å²) in [4.78, 5) is 3.97. The van der Waals surface area contributed by atoms with Crippen molar-refractivity contribution in [2.24, 2.45) is 0 Å². The van der Waals surface area contributed by atoms with E-state index in [1.54, 1.807) is 18.3 Å². The van der Waals surface area contributed by atoms with Gasteiger partial charge >= 0.3 is 0 Å². The number of halogens is 2. The Labute approximate surface area is 73.8 Å². The molecule has 2 aromatic rings. The Balaban J connectivity index is 2.95. The summed E-state index contributed by atoms with van der Waals surface area (Å²) in [5.74, 6) is -0.289. The Morgan fingerprint density at radius 3 is 2.83 bits per heavy atom. The molecule has 0 saturated heterocycles. The van der Waals surface area contributed by atoms with Crippen LogP contribution in [0.4, 0.5) is 4.39 Å². The van der Waals surface area contributed by atoms with Crippen LogP contribution in [0.15, 0.2) is 30.5 Å². The minimum Gasteiger partial charge on any atom is -0.255 e. The number of benzene rings is 1. The lowest BCUT2D eigenvalue weighted by molar-refractivity contribution is 0.639. The van der Waals surface area contributed by atoms with Crippen LogP contribution in [-0.4, -0.2) is 4.98 Å². The van der Waals surface area contributed by atoms with Gasteiger partial charge in [0.05, 0.1) is 10.5 Å². The third-order valence-electron chi connectivity index (χ3n) is 1.67. The van der Waals surface area contributed by atoms with Gasteiger partial charge < -0.3 is 0 Å². The van der Waals surface area contributed by atoms with Gasteiger partial charge in [0.2, 0.25) is 0 Å². The van der Waals surface area contributed by atoms with Crippen LogP contribution in [0.2, 0.25) is 5.02 Å². The number of pyridine rings is 1. The van der Waals surface area contributed by atoms with E-state index >= 15 is 0 Å². The summed E-state index contributed by atoms with van der Waals surface area (Å²) in [6.45, 7) is 0. The van der Waals surface area contributed by atoms with Gasteiger partial charge in [0.1, 0.15) is 5.82 Å². The third-order valence-corrected chi connectivity index (χ3v) is 1.97. The summed E-state index contributed by atoms with van der Waals surface area (Å²) in [6, 6.07) is 6.18. The van der Waals surface area contributed by atoms with E-state index < -0.39 is 0 Å². The molecule has 1 heterocycles. The summed E-state index contributed by atoms with van der Waals surface area (Å²) < 4.78 is 13.1. The van der Waals surface area contributed by atoms with Crippen LogP contribution in [0.25, 0.3) is 10.9 Å². The summed E-state index contributed by atoms with van der Waals surface area (Å²) in [7, 11) is 0. The molecule has 0 radical (unpaired) electrons. The highest BCUT2D eigenvalue weighted by atomic mass is 35.5. The van der Waals surface area contributed by atoms with Crippen LogP contribution < -0.4 is 0 Å². The van der Waals surface area contributed by atoms with Crippen molar-refractivity contribution in [2.75, 3.05) is 0 Å². The molecule has 0 aliphatic rings. The molecule has 0 amide bonds. The first-order chi connectivity index (χ1) is 5.79. The summed E-state index contributed by atoms with van der Waals surface area (Å²) in [5.41, 5.74) is 0.513. The van der Waals surface area contributed by atoms with Crippen LogP contribution in [0.1, 0.15) is 0 Å². The lowest BCUT2D eigenvalue weighted by Gasteiger charge is -1.98. The highest BCUT2D eigenvalue weighted by molar-refractivity contribution is 6.35. The second kappa shape index (κ2) is 2.72. The molecule has 0 spiro atoms.